The third-order valence-corrected chi connectivity index (χ3v) is 2.27. The van der Waals surface area contributed by atoms with Gasteiger partial charge in [-0.3, -0.25) is 0 Å². The Bertz CT molecular complexity index is 319. The van der Waals surface area contributed by atoms with Crippen molar-refractivity contribution in [1.29, 1.82) is 0 Å². The molecule has 0 heterocycles. The molecule has 0 aromatic heterocycles. The minimum absolute atomic E-state index is 1.13. The molecular formula is C11H12. The number of rotatable bonds is 0. The number of benzene rings is 1. The summed E-state index contributed by atoms with van der Waals surface area (Å²) in [7, 11) is 0. The number of hydrogen-bond acceptors (Lipinski definition) is 0. The van der Waals surface area contributed by atoms with Gasteiger partial charge >= 0.3 is 0 Å². The number of aryl methyl sites for hydroxylation is 2. The summed E-state index contributed by atoms with van der Waals surface area (Å²) in [5.41, 5.74) is 5.73. The summed E-state index contributed by atoms with van der Waals surface area (Å²) in [6.07, 6.45) is 5.58. The molecule has 0 spiro atoms. The van der Waals surface area contributed by atoms with Crippen molar-refractivity contribution < 1.29 is 0 Å². The maximum atomic E-state index is 2.26. The molecule has 2 rings (SSSR count). The van der Waals surface area contributed by atoms with Crippen molar-refractivity contribution >= 4 is 6.08 Å². The third-order valence-electron chi connectivity index (χ3n) is 2.27. The van der Waals surface area contributed by atoms with E-state index in [-0.39, 0.29) is 0 Å². The monoisotopic (exact) mass is 144 g/mol. The van der Waals surface area contributed by atoms with Crippen LogP contribution in [0.4, 0.5) is 0 Å². The highest BCUT2D eigenvalue weighted by Gasteiger charge is 2.07. The lowest BCUT2D eigenvalue weighted by molar-refractivity contribution is 1.22. The van der Waals surface area contributed by atoms with Crippen LogP contribution in [-0.2, 0) is 6.42 Å². The lowest BCUT2D eigenvalue weighted by Crippen LogP contribution is -1.88. The minimum Gasteiger partial charge on any atom is -0.0795 e. The number of hydrogen-bond donors (Lipinski definition) is 0. The SMILES string of the molecule is Cc1cc(C)c2c(c1)C=CC2. The largest absolute Gasteiger partial charge is 0.0795 e. The molecule has 0 bridgehead atoms. The molecule has 0 fully saturated rings. The summed E-state index contributed by atoms with van der Waals surface area (Å²) in [5.74, 6) is 0. The van der Waals surface area contributed by atoms with Gasteiger partial charge in [0.25, 0.3) is 0 Å². The molecule has 0 heteroatoms. The fourth-order valence-electron chi connectivity index (χ4n) is 1.76. The van der Waals surface area contributed by atoms with Gasteiger partial charge in [-0.25, -0.2) is 0 Å². The van der Waals surface area contributed by atoms with Crippen LogP contribution in [-0.4, -0.2) is 0 Å². The van der Waals surface area contributed by atoms with E-state index < -0.39 is 0 Å². The Hall–Kier alpha value is -1.04. The van der Waals surface area contributed by atoms with E-state index in [9.17, 15) is 0 Å². The van der Waals surface area contributed by atoms with Crippen molar-refractivity contribution in [3.63, 3.8) is 0 Å². The first-order chi connectivity index (χ1) is 5.27. The standard InChI is InChI=1S/C11H12/c1-8-6-9(2)11-5-3-4-10(11)7-8/h3-4,6-7H,5H2,1-2H3. The van der Waals surface area contributed by atoms with Crippen LogP contribution in [0.3, 0.4) is 0 Å². The van der Waals surface area contributed by atoms with E-state index in [0.29, 0.717) is 0 Å². The quantitative estimate of drug-likeness (QED) is 0.525. The summed E-state index contributed by atoms with van der Waals surface area (Å²) in [6, 6.07) is 4.51. The van der Waals surface area contributed by atoms with Crippen LogP contribution in [0.25, 0.3) is 6.08 Å². The highest BCUT2D eigenvalue weighted by Crippen LogP contribution is 2.23. The molecule has 0 radical (unpaired) electrons. The normalized spacial score (nSPS) is 13.6. The lowest BCUT2D eigenvalue weighted by Gasteiger charge is -2.04. The Morgan fingerprint density at radius 2 is 2.00 bits per heavy atom. The van der Waals surface area contributed by atoms with Crippen LogP contribution < -0.4 is 0 Å². The predicted octanol–water partition coefficient (Wildman–Crippen LogP) is 2.87. The molecule has 56 valence electrons. The highest BCUT2D eigenvalue weighted by atomic mass is 14.1. The zero-order chi connectivity index (χ0) is 7.84. The highest BCUT2D eigenvalue weighted by molar-refractivity contribution is 5.62. The van der Waals surface area contributed by atoms with Crippen molar-refractivity contribution in [3.8, 4) is 0 Å². The Labute approximate surface area is 67.6 Å². The van der Waals surface area contributed by atoms with Crippen LogP contribution in [0.15, 0.2) is 18.2 Å². The van der Waals surface area contributed by atoms with Gasteiger partial charge in [-0.15, -0.1) is 0 Å². The van der Waals surface area contributed by atoms with Gasteiger partial charge in [0.05, 0.1) is 0 Å². The molecule has 1 aromatic rings. The minimum atomic E-state index is 1.13. The fourth-order valence-corrected chi connectivity index (χ4v) is 1.76. The topological polar surface area (TPSA) is 0 Å². The molecule has 0 amide bonds. The Morgan fingerprint density at radius 3 is 2.82 bits per heavy atom. The first-order valence-electron chi connectivity index (χ1n) is 4.04. The first-order valence-corrected chi connectivity index (χ1v) is 4.04. The van der Waals surface area contributed by atoms with Gasteiger partial charge in [-0.1, -0.05) is 29.8 Å². The Balaban J connectivity index is 2.66. The van der Waals surface area contributed by atoms with Gasteiger partial charge in [0, 0.05) is 0 Å². The molecule has 0 unspecified atom stereocenters. The van der Waals surface area contributed by atoms with E-state index in [2.05, 4.69) is 38.1 Å². The summed E-state index contributed by atoms with van der Waals surface area (Å²) in [5, 5.41) is 0. The van der Waals surface area contributed by atoms with Gasteiger partial charge in [0.1, 0.15) is 0 Å². The molecule has 0 saturated carbocycles. The number of fused-ring (bicyclic) bond motifs is 1. The second kappa shape index (κ2) is 2.23. The average molecular weight is 144 g/mol. The van der Waals surface area contributed by atoms with Crippen LogP contribution in [0.1, 0.15) is 22.3 Å². The second-order valence-corrected chi connectivity index (χ2v) is 3.26. The summed E-state index contributed by atoms with van der Waals surface area (Å²) in [6.45, 7) is 4.35. The Kier molecular flexibility index (Phi) is 1.35. The molecule has 1 aliphatic carbocycles. The van der Waals surface area contributed by atoms with Gasteiger partial charge in [0.15, 0.2) is 0 Å². The first kappa shape index (κ1) is 6.66. The van der Waals surface area contributed by atoms with Crippen molar-refractivity contribution in [2.75, 3.05) is 0 Å². The van der Waals surface area contributed by atoms with Gasteiger partial charge in [-0.05, 0) is 37.0 Å². The van der Waals surface area contributed by atoms with E-state index in [0.717, 1.165) is 6.42 Å². The van der Waals surface area contributed by atoms with Gasteiger partial charge in [-0.2, -0.15) is 0 Å². The van der Waals surface area contributed by atoms with Gasteiger partial charge in [0.2, 0.25) is 0 Å². The van der Waals surface area contributed by atoms with E-state index in [1.165, 1.54) is 22.3 Å². The van der Waals surface area contributed by atoms with Crippen LogP contribution in [0, 0.1) is 13.8 Å². The summed E-state index contributed by atoms with van der Waals surface area (Å²) < 4.78 is 0. The molecule has 1 aromatic carbocycles. The zero-order valence-corrected chi connectivity index (χ0v) is 7.02. The lowest BCUT2D eigenvalue weighted by atomic mass is 10.0. The molecule has 0 aliphatic heterocycles. The Morgan fingerprint density at radius 1 is 1.18 bits per heavy atom. The maximum Gasteiger partial charge on any atom is -0.00855 e. The summed E-state index contributed by atoms with van der Waals surface area (Å²) >= 11 is 0. The van der Waals surface area contributed by atoms with Crippen LogP contribution >= 0.6 is 0 Å². The van der Waals surface area contributed by atoms with E-state index in [4.69, 9.17) is 0 Å². The predicted molar refractivity (Wildman–Crippen MR) is 48.7 cm³/mol. The summed E-state index contributed by atoms with van der Waals surface area (Å²) in [4.78, 5) is 0. The molecule has 0 N–H and O–H groups in total. The van der Waals surface area contributed by atoms with Crippen molar-refractivity contribution in [3.05, 3.63) is 40.5 Å². The smallest absolute Gasteiger partial charge is 0.00855 e. The van der Waals surface area contributed by atoms with Crippen LogP contribution in [0.2, 0.25) is 0 Å². The molecule has 0 nitrogen and oxygen atoms in total. The van der Waals surface area contributed by atoms with Crippen molar-refractivity contribution in [2.45, 2.75) is 20.3 Å². The van der Waals surface area contributed by atoms with E-state index >= 15 is 0 Å². The van der Waals surface area contributed by atoms with Crippen molar-refractivity contribution in [2.24, 2.45) is 0 Å². The average Bonchev–Trinajstić information content (AvgIpc) is 2.34. The molecule has 1 aliphatic rings. The van der Waals surface area contributed by atoms with E-state index in [1.807, 2.05) is 0 Å². The van der Waals surface area contributed by atoms with Crippen LogP contribution in [0.5, 0.6) is 0 Å². The molecular weight excluding hydrogens is 132 g/mol. The fraction of sp³-hybridized carbons (Fsp3) is 0.273. The zero-order valence-electron chi connectivity index (χ0n) is 7.02. The number of allylic oxidation sites excluding steroid dienone is 1. The molecule has 0 atom stereocenters. The maximum absolute atomic E-state index is 2.26. The third kappa shape index (κ3) is 0.988. The molecule has 11 heavy (non-hydrogen) atoms. The second-order valence-electron chi connectivity index (χ2n) is 3.26. The van der Waals surface area contributed by atoms with Gasteiger partial charge < -0.3 is 0 Å². The van der Waals surface area contributed by atoms with E-state index in [1.54, 1.807) is 0 Å². The molecule has 0 saturated heterocycles. The van der Waals surface area contributed by atoms with Crippen molar-refractivity contribution in [1.82, 2.24) is 0 Å².